The molecule has 1 fully saturated rings. The average Bonchev–Trinajstić information content (AvgIpc) is 2.33. The maximum Gasteiger partial charge on any atom is 0.340 e. The number of phenolic OH excluding ortho intramolecular Hbond substituents is 1. The largest absolute Gasteiger partial charge is 0.508 e. The number of nitrogens with two attached hydrogens (primary N) is 1. The third-order valence-corrected chi connectivity index (χ3v) is 3.08. The van der Waals surface area contributed by atoms with Gasteiger partial charge in [-0.2, -0.15) is 0 Å². The molecule has 1 aliphatic carbocycles. The molecular weight excluding hydrogens is 218 g/mol. The van der Waals surface area contributed by atoms with Crippen LogP contribution in [0.4, 0.5) is 5.69 Å². The highest BCUT2D eigenvalue weighted by molar-refractivity contribution is 5.95. The van der Waals surface area contributed by atoms with Gasteiger partial charge in [-0.05, 0) is 43.9 Å². The predicted molar refractivity (Wildman–Crippen MR) is 64.8 cm³/mol. The van der Waals surface area contributed by atoms with E-state index in [0.29, 0.717) is 5.69 Å². The first-order valence-corrected chi connectivity index (χ1v) is 5.96. The van der Waals surface area contributed by atoms with Crippen LogP contribution in [0.1, 0.15) is 42.5 Å². The lowest BCUT2D eigenvalue weighted by atomic mass is 9.98. The van der Waals surface area contributed by atoms with Crippen LogP contribution in [0.25, 0.3) is 0 Å². The number of benzene rings is 1. The number of nitrogen functional groups attached to an aromatic ring is 1. The maximum atomic E-state index is 11.9. The third-order valence-electron chi connectivity index (χ3n) is 3.08. The quantitative estimate of drug-likeness (QED) is 0.469. The second-order valence-electron chi connectivity index (χ2n) is 4.44. The summed E-state index contributed by atoms with van der Waals surface area (Å²) in [7, 11) is 0. The van der Waals surface area contributed by atoms with Gasteiger partial charge in [-0.15, -0.1) is 0 Å². The standard InChI is InChI=1S/C13H17NO3/c14-12-7-6-9(15)8-11(12)13(16)17-10-4-2-1-3-5-10/h6-8,10,15H,1-5,14H2. The molecule has 0 amide bonds. The summed E-state index contributed by atoms with van der Waals surface area (Å²) in [5.74, 6) is -0.417. The van der Waals surface area contributed by atoms with E-state index in [2.05, 4.69) is 0 Å². The first-order valence-electron chi connectivity index (χ1n) is 5.96. The van der Waals surface area contributed by atoms with E-state index < -0.39 is 5.97 Å². The number of ether oxygens (including phenoxy) is 1. The molecule has 92 valence electrons. The minimum atomic E-state index is -0.440. The number of aromatic hydroxyl groups is 1. The maximum absolute atomic E-state index is 11.9. The van der Waals surface area contributed by atoms with Gasteiger partial charge < -0.3 is 15.6 Å². The predicted octanol–water partition coefficient (Wildman–Crippen LogP) is 2.46. The van der Waals surface area contributed by atoms with Crippen molar-refractivity contribution in [2.45, 2.75) is 38.2 Å². The number of esters is 1. The van der Waals surface area contributed by atoms with Crippen LogP contribution in [-0.4, -0.2) is 17.2 Å². The van der Waals surface area contributed by atoms with Crippen molar-refractivity contribution < 1.29 is 14.6 Å². The first kappa shape index (κ1) is 11.8. The Bertz CT molecular complexity index is 411. The number of carbonyl (C=O) groups is 1. The molecule has 0 spiro atoms. The number of phenols is 1. The molecule has 4 nitrogen and oxygen atoms in total. The number of hydrogen-bond donors (Lipinski definition) is 2. The lowest BCUT2D eigenvalue weighted by Gasteiger charge is -2.22. The molecule has 1 aliphatic rings. The van der Waals surface area contributed by atoms with E-state index >= 15 is 0 Å². The van der Waals surface area contributed by atoms with Gasteiger partial charge in [0.25, 0.3) is 0 Å². The fraction of sp³-hybridized carbons (Fsp3) is 0.462. The topological polar surface area (TPSA) is 72.5 Å². The average molecular weight is 235 g/mol. The molecule has 0 aliphatic heterocycles. The number of anilines is 1. The van der Waals surface area contributed by atoms with Crippen LogP contribution in [0, 0.1) is 0 Å². The molecular formula is C13H17NO3. The van der Waals surface area contributed by atoms with E-state index in [0.717, 1.165) is 25.7 Å². The van der Waals surface area contributed by atoms with E-state index in [9.17, 15) is 9.90 Å². The number of hydrogen-bond acceptors (Lipinski definition) is 4. The molecule has 0 atom stereocenters. The highest BCUT2D eigenvalue weighted by atomic mass is 16.5. The van der Waals surface area contributed by atoms with Gasteiger partial charge in [-0.3, -0.25) is 0 Å². The Labute approximate surface area is 100 Å². The number of carbonyl (C=O) groups excluding carboxylic acids is 1. The molecule has 0 bridgehead atoms. The fourth-order valence-electron chi connectivity index (χ4n) is 2.12. The Balaban J connectivity index is 2.05. The molecule has 1 saturated carbocycles. The Morgan fingerprint density at radius 1 is 1.29 bits per heavy atom. The van der Waals surface area contributed by atoms with Crippen molar-refractivity contribution in [3.63, 3.8) is 0 Å². The monoisotopic (exact) mass is 235 g/mol. The van der Waals surface area contributed by atoms with E-state index in [4.69, 9.17) is 10.5 Å². The summed E-state index contributed by atoms with van der Waals surface area (Å²) < 4.78 is 5.38. The van der Waals surface area contributed by atoms with E-state index in [-0.39, 0.29) is 17.4 Å². The van der Waals surface area contributed by atoms with Crippen molar-refractivity contribution in [1.29, 1.82) is 0 Å². The van der Waals surface area contributed by atoms with Crippen LogP contribution in [-0.2, 0) is 4.74 Å². The molecule has 17 heavy (non-hydrogen) atoms. The first-order chi connectivity index (χ1) is 8.16. The minimum Gasteiger partial charge on any atom is -0.508 e. The Morgan fingerprint density at radius 2 is 2.00 bits per heavy atom. The van der Waals surface area contributed by atoms with Crippen LogP contribution < -0.4 is 5.73 Å². The Morgan fingerprint density at radius 3 is 2.71 bits per heavy atom. The van der Waals surface area contributed by atoms with Crippen molar-refractivity contribution in [3.8, 4) is 5.75 Å². The summed E-state index contributed by atoms with van der Waals surface area (Å²) in [5, 5.41) is 9.33. The van der Waals surface area contributed by atoms with Crippen molar-refractivity contribution in [2.75, 3.05) is 5.73 Å². The van der Waals surface area contributed by atoms with Crippen molar-refractivity contribution >= 4 is 11.7 Å². The number of rotatable bonds is 2. The Hall–Kier alpha value is -1.71. The normalized spacial score (nSPS) is 16.7. The lowest BCUT2D eigenvalue weighted by Crippen LogP contribution is -2.21. The van der Waals surface area contributed by atoms with Gasteiger partial charge in [0, 0.05) is 5.69 Å². The highest BCUT2D eigenvalue weighted by Gasteiger charge is 2.20. The van der Waals surface area contributed by atoms with Gasteiger partial charge in [0.15, 0.2) is 0 Å². The van der Waals surface area contributed by atoms with Crippen LogP contribution >= 0.6 is 0 Å². The van der Waals surface area contributed by atoms with Gasteiger partial charge in [0.2, 0.25) is 0 Å². The molecule has 3 N–H and O–H groups in total. The van der Waals surface area contributed by atoms with Crippen molar-refractivity contribution in [1.82, 2.24) is 0 Å². The SMILES string of the molecule is Nc1ccc(O)cc1C(=O)OC1CCCCC1. The zero-order valence-corrected chi connectivity index (χ0v) is 9.69. The van der Waals surface area contributed by atoms with E-state index in [1.165, 1.54) is 24.6 Å². The second kappa shape index (κ2) is 5.08. The zero-order valence-electron chi connectivity index (χ0n) is 9.69. The van der Waals surface area contributed by atoms with Crippen LogP contribution in [0.2, 0.25) is 0 Å². The summed E-state index contributed by atoms with van der Waals surface area (Å²) in [6.45, 7) is 0. The van der Waals surface area contributed by atoms with Crippen LogP contribution in [0.15, 0.2) is 18.2 Å². The second-order valence-corrected chi connectivity index (χ2v) is 4.44. The zero-order chi connectivity index (χ0) is 12.3. The summed E-state index contributed by atoms with van der Waals surface area (Å²) in [6.07, 6.45) is 5.26. The fourth-order valence-corrected chi connectivity index (χ4v) is 2.12. The van der Waals surface area contributed by atoms with Crippen molar-refractivity contribution in [2.24, 2.45) is 0 Å². The smallest absolute Gasteiger partial charge is 0.340 e. The van der Waals surface area contributed by atoms with E-state index in [1.54, 1.807) is 0 Å². The van der Waals surface area contributed by atoms with Gasteiger partial charge in [0.1, 0.15) is 11.9 Å². The summed E-state index contributed by atoms with van der Waals surface area (Å²) in [4.78, 5) is 11.9. The van der Waals surface area contributed by atoms with Crippen LogP contribution in [0.3, 0.4) is 0 Å². The van der Waals surface area contributed by atoms with Gasteiger partial charge in [-0.25, -0.2) is 4.79 Å². The highest BCUT2D eigenvalue weighted by Crippen LogP contribution is 2.24. The molecule has 1 aromatic carbocycles. The van der Waals surface area contributed by atoms with Gasteiger partial charge in [-0.1, -0.05) is 6.42 Å². The molecule has 1 aromatic rings. The van der Waals surface area contributed by atoms with Crippen LogP contribution in [0.5, 0.6) is 5.75 Å². The molecule has 0 unspecified atom stereocenters. The molecule has 0 saturated heterocycles. The van der Waals surface area contributed by atoms with Gasteiger partial charge >= 0.3 is 5.97 Å². The summed E-state index contributed by atoms with van der Waals surface area (Å²) in [5.41, 5.74) is 6.27. The summed E-state index contributed by atoms with van der Waals surface area (Å²) >= 11 is 0. The third kappa shape index (κ3) is 2.90. The molecule has 4 heteroatoms. The molecule has 0 aromatic heterocycles. The lowest BCUT2D eigenvalue weighted by molar-refractivity contribution is 0.0212. The van der Waals surface area contributed by atoms with Crippen molar-refractivity contribution in [3.05, 3.63) is 23.8 Å². The summed E-state index contributed by atoms with van der Waals surface area (Å²) in [6, 6.07) is 4.31. The van der Waals surface area contributed by atoms with E-state index in [1.807, 2.05) is 0 Å². The Kier molecular flexibility index (Phi) is 3.52. The molecule has 0 heterocycles. The van der Waals surface area contributed by atoms with Gasteiger partial charge in [0.05, 0.1) is 5.56 Å². The molecule has 2 rings (SSSR count). The molecule has 0 radical (unpaired) electrons. The minimum absolute atomic E-state index is 0.00185.